The van der Waals surface area contributed by atoms with Crippen LogP contribution in [0.4, 0.5) is 0 Å². The van der Waals surface area contributed by atoms with Gasteiger partial charge in [0, 0.05) is 0 Å². The van der Waals surface area contributed by atoms with Crippen molar-refractivity contribution in [2.45, 2.75) is 12.5 Å². The second-order valence-corrected chi connectivity index (χ2v) is 6.42. The number of quaternary nitrogens is 1. The summed E-state index contributed by atoms with van der Waals surface area (Å²) in [5.41, 5.74) is 3.23. The number of benzene rings is 2. The molecule has 0 spiro atoms. The number of fused-ring (bicyclic) bond motifs is 1. The summed E-state index contributed by atoms with van der Waals surface area (Å²) in [6, 6.07) is 16.4. The molecule has 0 saturated heterocycles. The molecule has 5 heteroatoms. The highest BCUT2D eigenvalue weighted by atomic mass is 127. The Kier molecular flexibility index (Phi) is 5.73. The Labute approximate surface area is 159 Å². The minimum atomic E-state index is 0. The average molecular weight is 436 g/mol. The van der Waals surface area contributed by atoms with Gasteiger partial charge in [0.2, 0.25) is 0 Å². The van der Waals surface area contributed by atoms with Gasteiger partial charge in [0.1, 0.15) is 12.6 Å². The summed E-state index contributed by atoms with van der Waals surface area (Å²) in [5.74, 6) is 0.851. The third-order valence-electron chi connectivity index (χ3n) is 4.69. The zero-order valence-corrected chi connectivity index (χ0v) is 16.0. The summed E-state index contributed by atoms with van der Waals surface area (Å²) in [4.78, 5) is 0. The first-order valence-electron chi connectivity index (χ1n) is 7.72. The molecule has 2 aromatic carbocycles. The van der Waals surface area contributed by atoms with Crippen LogP contribution in [0.15, 0.2) is 42.5 Å². The fourth-order valence-corrected chi connectivity index (χ4v) is 3.53. The first kappa shape index (κ1) is 18.6. The number of rotatable bonds is 3. The van der Waals surface area contributed by atoms with Gasteiger partial charge in [-0.1, -0.05) is 36.4 Å². The van der Waals surface area contributed by atoms with Crippen LogP contribution >= 0.6 is 0 Å². The lowest BCUT2D eigenvalue weighted by Crippen LogP contribution is -3.00. The van der Waals surface area contributed by atoms with Crippen molar-refractivity contribution in [1.29, 1.82) is 5.26 Å². The maximum absolute atomic E-state index is 10.6. The molecule has 1 aliphatic heterocycles. The first-order chi connectivity index (χ1) is 11.1. The summed E-state index contributed by atoms with van der Waals surface area (Å²) in [6.07, 6.45) is 0. The molecule has 0 radical (unpaired) electrons. The van der Waals surface area contributed by atoms with Crippen molar-refractivity contribution in [3.63, 3.8) is 0 Å². The summed E-state index contributed by atoms with van der Waals surface area (Å²) in [7, 11) is 3.63. The van der Waals surface area contributed by atoms with Crippen molar-refractivity contribution >= 4 is 0 Å². The smallest absolute Gasteiger partial charge is 0.166 e. The Morgan fingerprint density at radius 3 is 2.58 bits per heavy atom. The molecule has 0 bridgehead atoms. The van der Waals surface area contributed by atoms with E-state index >= 15 is 0 Å². The number of phenols is 1. The molecular formula is C19H21IN2O2. The van der Waals surface area contributed by atoms with Gasteiger partial charge >= 0.3 is 0 Å². The molecule has 126 valence electrons. The topological polar surface area (TPSA) is 53.2 Å². The molecule has 4 nitrogen and oxygen atoms in total. The van der Waals surface area contributed by atoms with Gasteiger partial charge in [0.25, 0.3) is 0 Å². The zero-order valence-electron chi connectivity index (χ0n) is 13.9. The molecule has 1 heterocycles. The van der Waals surface area contributed by atoms with Crippen molar-refractivity contribution in [2.75, 3.05) is 27.2 Å². The molecule has 0 saturated carbocycles. The van der Waals surface area contributed by atoms with E-state index in [2.05, 4.69) is 25.2 Å². The highest BCUT2D eigenvalue weighted by molar-refractivity contribution is 5.53. The van der Waals surface area contributed by atoms with E-state index in [1.54, 1.807) is 7.11 Å². The number of phenolic OH excluding ortho intramolecular Hbond substituents is 1. The number of nitrogens with zero attached hydrogens (tertiary/aromatic N) is 2. The van der Waals surface area contributed by atoms with Crippen LogP contribution in [0.5, 0.6) is 11.5 Å². The maximum Gasteiger partial charge on any atom is 0.166 e. The maximum atomic E-state index is 10.6. The lowest BCUT2D eigenvalue weighted by atomic mass is 9.83. The molecule has 1 aliphatic rings. The minimum absolute atomic E-state index is 0. The summed E-state index contributed by atoms with van der Waals surface area (Å²) >= 11 is 0. The van der Waals surface area contributed by atoms with Crippen LogP contribution in [0.1, 0.15) is 22.6 Å². The molecule has 2 aromatic rings. The number of likely N-dealkylation sites (N-methyl/N-ethyl adjacent to an activating group) is 1. The Bertz CT molecular complexity index is 758. The van der Waals surface area contributed by atoms with Crippen LogP contribution in [-0.4, -0.2) is 36.8 Å². The van der Waals surface area contributed by atoms with Crippen molar-refractivity contribution < 1.29 is 38.3 Å². The molecule has 1 N–H and O–H groups in total. The van der Waals surface area contributed by atoms with Gasteiger partial charge in [-0.3, -0.25) is 0 Å². The van der Waals surface area contributed by atoms with E-state index in [0.29, 0.717) is 23.3 Å². The van der Waals surface area contributed by atoms with E-state index in [1.807, 2.05) is 30.3 Å². The highest BCUT2D eigenvalue weighted by Crippen LogP contribution is 2.43. The van der Waals surface area contributed by atoms with Gasteiger partial charge in [-0.2, -0.15) is 5.26 Å². The van der Waals surface area contributed by atoms with Crippen LogP contribution in [0.3, 0.4) is 0 Å². The predicted octanol–water partition coefficient (Wildman–Crippen LogP) is 0.0205. The molecule has 3 rings (SSSR count). The van der Waals surface area contributed by atoms with E-state index in [0.717, 1.165) is 17.7 Å². The van der Waals surface area contributed by atoms with Crippen molar-refractivity contribution in [3.05, 3.63) is 59.2 Å². The number of hydrogen-bond donors (Lipinski definition) is 1. The lowest BCUT2D eigenvalue weighted by molar-refractivity contribution is -0.919. The second kappa shape index (κ2) is 7.41. The molecule has 0 aromatic heterocycles. The number of halogens is 1. The van der Waals surface area contributed by atoms with E-state index in [4.69, 9.17) is 4.74 Å². The van der Waals surface area contributed by atoms with Gasteiger partial charge < -0.3 is 38.3 Å². The quantitative estimate of drug-likeness (QED) is 0.420. The van der Waals surface area contributed by atoms with E-state index in [-0.39, 0.29) is 35.6 Å². The van der Waals surface area contributed by atoms with Crippen molar-refractivity contribution in [1.82, 2.24) is 0 Å². The van der Waals surface area contributed by atoms with Crippen LogP contribution < -0.4 is 28.7 Å². The predicted molar refractivity (Wildman–Crippen MR) is 88.2 cm³/mol. The lowest BCUT2D eigenvalue weighted by Gasteiger charge is -2.41. The van der Waals surface area contributed by atoms with E-state index < -0.39 is 0 Å². The van der Waals surface area contributed by atoms with Gasteiger partial charge in [-0.15, -0.1) is 0 Å². The second-order valence-electron chi connectivity index (χ2n) is 6.42. The Balaban J connectivity index is 0.00000208. The van der Waals surface area contributed by atoms with Gasteiger partial charge in [0.15, 0.2) is 18.0 Å². The number of nitriles is 1. The number of ether oxygens (including phenoxy) is 1. The van der Waals surface area contributed by atoms with Crippen LogP contribution in [0.25, 0.3) is 0 Å². The van der Waals surface area contributed by atoms with E-state index in [1.165, 1.54) is 5.56 Å². The Morgan fingerprint density at radius 2 is 1.96 bits per heavy atom. The number of hydrogen-bond acceptors (Lipinski definition) is 3. The Morgan fingerprint density at radius 1 is 1.25 bits per heavy atom. The van der Waals surface area contributed by atoms with Crippen LogP contribution in [0, 0.1) is 11.3 Å². The number of methoxy groups -OCH3 is 1. The fraction of sp³-hybridized carbons (Fsp3) is 0.316. The molecule has 24 heavy (non-hydrogen) atoms. The molecular weight excluding hydrogens is 415 g/mol. The molecule has 0 fully saturated rings. The van der Waals surface area contributed by atoms with Crippen LogP contribution in [-0.2, 0) is 6.54 Å². The largest absolute Gasteiger partial charge is 1.00 e. The fourth-order valence-electron chi connectivity index (χ4n) is 3.53. The van der Waals surface area contributed by atoms with Crippen molar-refractivity contribution in [2.24, 2.45) is 0 Å². The zero-order chi connectivity index (χ0) is 16.4. The standard InChI is InChI=1S/C19H20N2O2.HI/c1-21(11-10-20)12-16(14-6-4-3-5-7-14)15-8-9-18(23-2)19(22)17(15)13-21;/h3-9,16H,11-13H2,1-2H3;1H. The molecule has 2 atom stereocenters. The summed E-state index contributed by atoms with van der Waals surface area (Å²) in [6.45, 7) is 1.89. The Hall–Kier alpha value is -1.78. The highest BCUT2D eigenvalue weighted by Gasteiger charge is 2.38. The molecule has 0 amide bonds. The number of aromatic hydroxyl groups is 1. The summed E-state index contributed by atoms with van der Waals surface area (Å²) in [5, 5.41) is 19.8. The molecule has 2 unspecified atom stereocenters. The minimum Gasteiger partial charge on any atom is -1.00 e. The van der Waals surface area contributed by atoms with Gasteiger partial charge in [-0.05, 0) is 17.2 Å². The SMILES string of the molecule is COc1ccc2c(c1O)C[N+](C)(CC#N)CC2c1ccccc1.[I-]. The average Bonchev–Trinajstić information content (AvgIpc) is 2.56. The van der Waals surface area contributed by atoms with Gasteiger partial charge in [-0.25, -0.2) is 0 Å². The monoisotopic (exact) mass is 436 g/mol. The van der Waals surface area contributed by atoms with Crippen molar-refractivity contribution in [3.8, 4) is 17.6 Å². The van der Waals surface area contributed by atoms with Crippen LogP contribution in [0.2, 0.25) is 0 Å². The summed E-state index contributed by atoms with van der Waals surface area (Å²) < 4.78 is 5.85. The molecule has 0 aliphatic carbocycles. The van der Waals surface area contributed by atoms with E-state index in [9.17, 15) is 10.4 Å². The third-order valence-corrected chi connectivity index (χ3v) is 4.69. The first-order valence-corrected chi connectivity index (χ1v) is 7.72. The van der Waals surface area contributed by atoms with Gasteiger partial charge in [0.05, 0.1) is 32.2 Å². The third kappa shape index (κ3) is 3.35. The normalized spacial score (nSPS) is 22.0.